The summed E-state index contributed by atoms with van der Waals surface area (Å²) in [5.41, 5.74) is 5.38. The molecule has 0 aromatic rings. The second kappa shape index (κ2) is 4.52. The molecule has 0 amide bonds. The summed E-state index contributed by atoms with van der Waals surface area (Å²) < 4.78 is 0. The molecule has 11 heavy (non-hydrogen) atoms. The Morgan fingerprint density at radius 3 is 3.00 bits per heavy atom. The molecule has 0 aromatic heterocycles. The number of likely N-dealkylation sites (N-methyl/N-ethyl adjacent to an activating group) is 1. The van der Waals surface area contributed by atoms with Crippen LogP contribution in [0, 0.1) is 0 Å². The van der Waals surface area contributed by atoms with Gasteiger partial charge in [0.2, 0.25) is 0 Å². The zero-order chi connectivity index (χ0) is 8.10. The van der Waals surface area contributed by atoms with Crippen LogP contribution < -0.4 is 5.73 Å². The van der Waals surface area contributed by atoms with Gasteiger partial charge in [-0.2, -0.15) is 0 Å². The van der Waals surface area contributed by atoms with Crippen molar-refractivity contribution >= 4 is 0 Å². The first kappa shape index (κ1) is 8.75. The lowest BCUT2D eigenvalue weighted by Gasteiger charge is -2.14. The molecule has 1 heterocycles. The monoisotopic (exact) mass is 154 g/mol. The fourth-order valence-electron chi connectivity index (χ4n) is 1.53. The molecule has 0 saturated carbocycles. The van der Waals surface area contributed by atoms with Crippen molar-refractivity contribution < 1.29 is 0 Å². The van der Waals surface area contributed by atoms with Crippen molar-refractivity contribution in [2.75, 3.05) is 20.1 Å². The van der Waals surface area contributed by atoms with Gasteiger partial charge < -0.3 is 5.73 Å². The molecule has 1 rings (SSSR count). The summed E-state index contributed by atoms with van der Waals surface area (Å²) in [5.74, 6) is 0. The van der Waals surface area contributed by atoms with Crippen LogP contribution in [-0.2, 0) is 0 Å². The van der Waals surface area contributed by atoms with E-state index in [1.54, 1.807) is 0 Å². The molecule has 0 bridgehead atoms. The Morgan fingerprint density at radius 2 is 2.45 bits per heavy atom. The van der Waals surface area contributed by atoms with E-state index in [1.807, 2.05) is 0 Å². The first-order chi connectivity index (χ1) is 5.34. The van der Waals surface area contributed by atoms with E-state index in [2.05, 4.69) is 24.1 Å². The molecule has 1 aliphatic rings. The van der Waals surface area contributed by atoms with Gasteiger partial charge in [0.1, 0.15) is 0 Å². The third-order valence-electron chi connectivity index (χ3n) is 2.27. The molecular formula is C9H18N2. The Morgan fingerprint density at radius 1 is 1.64 bits per heavy atom. The van der Waals surface area contributed by atoms with E-state index >= 15 is 0 Å². The van der Waals surface area contributed by atoms with Crippen molar-refractivity contribution in [2.24, 2.45) is 5.73 Å². The van der Waals surface area contributed by atoms with Crippen molar-refractivity contribution in [3.63, 3.8) is 0 Å². The molecule has 0 aliphatic carbocycles. The molecule has 1 aliphatic heterocycles. The average Bonchev–Trinajstić information content (AvgIpc) is 2.37. The second-order valence-corrected chi connectivity index (χ2v) is 3.20. The van der Waals surface area contributed by atoms with Gasteiger partial charge in [0.25, 0.3) is 0 Å². The Hall–Kier alpha value is -0.340. The van der Waals surface area contributed by atoms with Crippen LogP contribution >= 0.6 is 0 Å². The molecular weight excluding hydrogens is 136 g/mol. The Labute approximate surface area is 69.1 Å². The van der Waals surface area contributed by atoms with E-state index in [0.717, 1.165) is 13.0 Å². The standard InChI is InChI=1S/C9H18N2/c1-11-8-4-6-9(11)5-2-3-7-10/h2,5,9H,3-4,6-8,10H2,1H3/b5-2-. The first-order valence-corrected chi connectivity index (χ1v) is 4.41. The van der Waals surface area contributed by atoms with E-state index < -0.39 is 0 Å². The average molecular weight is 154 g/mol. The van der Waals surface area contributed by atoms with Crippen molar-refractivity contribution in [1.82, 2.24) is 4.90 Å². The van der Waals surface area contributed by atoms with E-state index in [4.69, 9.17) is 5.73 Å². The largest absolute Gasteiger partial charge is 0.330 e. The van der Waals surface area contributed by atoms with Crippen molar-refractivity contribution in [2.45, 2.75) is 25.3 Å². The fraction of sp³-hybridized carbons (Fsp3) is 0.778. The quantitative estimate of drug-likeness (QED) is 0.614. The first-order valence-electron chi connectivity index (χ1n) is 4.41. The third kappa shape index (κ3) is 2.64. The summed E-state index contributed by atoms with van der Waals surface area (Å²) in [5, 5.41) is 0. The van der Waals surface area contributed by atoms with Crippen molar-refractivity contribution in [3.05, 3.63) is 12.2 Å². The van der Waals surface area contributed by atoms with E-state index in [9.17, 15) is 0 Å². The maximum atomic E-state index is 5.38. The number of nitrogens with two attached hydrogens (primary N) is 1. The molecule has 1 atom stereocenters. The molecule has 2 heteroatoms. The fourth-order valence-corrected chi connectivity index (χ4v) is 1.53. The highest BCUT2D eigenvalue weighted by molar-refractivity contribution is 4.96. The van der Waals surface area contributed by atoms with Crippen molar-refractivity contribution in [1.29, 1.82) is 0 Å². The Bertz CT molecular complexity index is 132. The summed E-state index contributed by atoms with van der Waals surface area (Å²) in [7, 11) is 2.18. The molecule has 0 aromatic carbocycles. The lowest BCUT2D eigenvalue weighted by molar-refractivity contribution is 0.357. The van der Waals surface area contributed by atoms with Gasteiger partial charge in [-0.3, -0.25) is 4.90 Å². The third-order valence-corrected chi connectivity index (χ3v) is 2.27. The van der Waals surface area contributed by atoms with Crippen LogP contribution in [-0.4, -0.2) is 31.1 Å². The van der Waals surface area contributed by atoms with Crippen LogP contribution in [0.5, 0.6) is 0 Å². The molecule has 2 nitrogen and oxygen atoms in total. The maximum Gasteiger partial charge on any atom is 0.0275 e. The SMILES string of the molecule is CN1CCCC1/C=C\CCN. The molecule has 0 radical (unpaired) electrons. The lowest BCUT2D eigenvalue weighted by Crippen LogP contribution is -2.22. The summed E-state index contributed by atoms with van der Waals surface area (Å²) in [6, 6.07) is 0.682. The Kier molecular flexibility index (Phi) is 3.60. The molecule has 64 valence electrons. The van der Waals surface area contributed by atoms with Crippen LogP contribution in [0.15, 0.2) is 12.2 Å². The van der Waals surface area contributed by atoms with Gasteiger partial charge in [-0.15, -0.1) is 0 Å². The van der Waals surface area contributed by atoms with Gasteiger partial charge in [0.05, 0.1) is 0 Å². The van der Waals surface area contributed by atoms with Crippen LogP contribution in [0.2, 0.25) is 0 Å². The number of hydrogen-bond acceptors (Lipinski definition) is 2. The van der Waals surface area contributed by atoms with Crippen LogP contribution in [0.3, 0.4) is 0 Å². The van der Waals surface area contributed by atoms with Crippen LogP contribution in [0.1, 0.15) is 19.3 Å². The van der Waals surface area contributed by atoms with Gasteiger partial charge in [-0.25, -0.2) is 0 Å². The number of rotatable bonds is 3. The van der Waals surface area contributed by atoms with Gasteiger partial charge in [-0.1, -0.05) is 12.2 Å². The minimum absolute atomic E-state index is 0.682. The summed E-state index contributed by atoms with van der Waals surface area (Å²) in [6.07, 6.45) is 8.17. The predicted octanol–water partition coefficient (Wildman–Crippen LogP) is 0.986. The normalized spacial score (nSPS) is 26.9. The van der Waals surface area contributed by atoms with E-state index in [-0.39, 0.29) is 0 Å². The Balaban J connectivity index is 2.24. The summed E-state index contributed by atoms with van der Waals surface area (Å²) in [6.45, 7) is 2.02. The smallest absolute Gasteiger partial charge is 0.0275 e. The zero-order valence-electron chi connectivity index (χ0n) is 7.29. The topological polar surface area (TPSA) is 29.3 Å². The second-order valence-electron chi connectivity index (χ2n) is 3.20. The highest BCUT2D eigenvalue weighted by Crippen LogP contribution is 2.15. The minimum atomic E-state index is 0.682. The van der Waals surface area contributed by atoms with Crippen molar-refractivity contribution in [3.8, 4) is 0 Å². The molecule has 1 saturated heterocycles. The van der Waals surface area contributed by atoms with Crippen LogP contribution in [0.4, 0.5) is 0 Å². The summed E-state index contributed by atoms with van der Waals surface area (Å²) >= 11 is 0. The van der Waals surface area contributed by atoms with Gasteiger partial charge in [-0.05, 0) is 39.4 Å². The maximum absolute atomic E-state index is 5.38. The molecule has 0 spiro atoms. The lowest BCUT2D eigenvalue weighted by atomic mass is 10.2. The van der Waals surface area contributed by atoms with E-state index in [0.29, 0.717) is 6.04 Å². The van der Waals surface area contributed by atoms with Crippen LogP contribution in [0.25, 0.3) is 0 Å². The van der Waals surface area contributed by atoms with E-state index in [1.165, 1.54) is 19.4 Å². The number of likely N-dealkylation sites (tertiary alicyclic amines) is 1. The highest BCUT2D eigenvalue weighted by Gasteiger charge is 2.16. The van der Waals surface area contributed by atoms with Gasteiger partial charge in [0.15, 0.2) is 0 Å². The van der Waals surface area contributed by atoms with Gasteiger partial charge >= 0.3 is 0 Å². The number of hydrogen-bond donors (Lipinski definition) is 1. The highest BCUT2D eigenvalue weighted by atomic mass is 15.1. The minimum Gasteiger partial charge on any atom is -0.330 e. The molecule has 1 fully saturated rings. The number of nitrogens with zero attached hydrogens (tertiary/aromatic N) is 1. The summed E-state index contributed by atoms with van der Waals surface area (Å²) in [4.78, 5) is 2.40. The molecule has 2 N–H and O–H groups in total. The zero-order valence-corrected chi connectivity index (χ0v) is 7.29. The predicted molar refractivity (Wildman–Crippen MR) is 48.5 cm³/mol. The van der Waals surface area contributed by atoms with Gasteiger partial charge in [0, 0.05) is 6.04 Å². The molecule has 1 unspecified atom stereocenters.